The number of aryl methyl sites for hydroxylation is 1. The molecule has 1 aromatic carbocycles. The number of benzene rings is 1. The zero-order valence-electron chi connectivity index (χ0n) is 21.1. The van der Waals surface area contributed by atoms with Gasteiger partial charge in [0.05, 0.1) is 30.3 Å². The molecule has 2 aromatic heterocycles. The monoisotopic (exact) mass is 502 g/mol. The Morgan fingerprint density at radius 1 is 1.14 bits per heavy atom. The minimum Gasteiger partial charge on any atom is -0.378 e. The average Bonchev–Trinajstić information content (AvgIpc) is 3.65. The third-order valence-corrected chi connectivity index (χ3v) is 7.01. The lowest BCUT2D eigenvalue weighted by molar-refractivity contribution is 0.102. The van der Waals surface area contributed by atoms with E-state index in [9.17, 15) is 13.6 Å². The highest BCUT2D eigenvalue weighted by Gasteiger charge is 2.41. The van der Waals surface area contributed by atoms with E-state index >= 15 is 0 Å². The van der Waals surface area contributed by atoms with Crippen molar-refractivity contribution in [3.05, 3.63) is 70.8 Å². The summed E-state index contributed by atoms with van der Waals surface area (Å²) in [6, 6.07) is 7.62. The van der Waals surface area contributed by atoms with Crippen LogP contribution in [0, 0.1) is 30.5 Å². The first kappa shape index (κ1) is 24.8. The van der Waals surface area contributed by atoms with Gasteiger partial charge in [-0.05, 0) is 68.0 Å². The fourth-order valence-electron chi connectivity index (χ4n) is 4.52. The molecule has 6 nitrogen and oxygen atoms in total. The number of ether oxygens (including phenoxy) is 1. The summed E-state index contributed by atoms with van der Waals surface area (Å²) in [4.78, 5) is 23.7. The van der Waals surface area contributed by atoms with Crippen molar-refractivity contribution in [3.8, 4) is 23.0 Å². The van der Waals surface area contributed by atoms with Crippen LogP contribution in [-0.2, 0) is 10.2 Å². The highest BCUT2D eigenvalue weighted by Crippen LogP contribution is 2.46. The van der Waals surface area contributed by atoms with Crippen molar-refractivity contribution in [3.63, 3.8) is 0 Å². The number of aromatic nitrogens is 2. The lowest BCUT2D eigenvalue weighted by Gasteiger charge is -2.29. The number of hydrogen-bond donors (Lipinski definition) is 1. The fourth-order valence-corrected chi connectivity index (χ4v) is 4.52. The molecule has 1 aliphatic carbocycles. The number of hydrogen-bond acceptors (Lipinski definition) is 5. The smallest absolute Gasteiger partial charge is 0.255 e. The third-order valence-electron chi connectivity index (χ3n) is 7.01. The number of anilines is 2. The number of rotatable bonds is 5. The van der Waals surface area contributed by atoms with E-state index in [2.05, 4.69) is 32.0 Å². The number of nitrogens with one attached hydrogen (secondary N) is 1. The van der Waals surface area contributed by atoms with Crippen LogP contribution in [0.2, 0.25) is 0 Å². The Labute approximate surface area is 215 Å². The summed E-state index contributed by atoms with van der Waals surface area (Å²) in [5.41, 5.74) is 4.19. The Morgan fingerprint density at radius 3 is 2.59 bits per heavy atom. The number of nitrogens with zero attached hydrogens (tertiary/aromatic N) is 3. The topological polar surface area (TPSA) is 67.4 Å². The molecular weight excluding hydrogens is 474 g/mol. The van der Waals surface area contributed by atoms with Crippen molar-refractivity contribution in [1.82, 2.24) is 9.97 Å². The highest BCUT2D eigenvalue weighted by atomic mass is 19.1. The van der Waals surface area contributed by atoms with Crippen molar-refractivity contribution in [2.75, 3.05) is 36.5 Å². The van der Waals surface area contributed by atoms with E-state index in [4.69, 9.17) is 4.74 Å². The molecule has 5 rings (SSSR count). The molecule has 3 aromatic rings. The summed E-state index contributed by atoms with van der Waals surface area (Å²) in [7, 11) is 0. The Morgan fingerprint density at radius 2 is 1.89 bits per heavy atom. The van der Waals surface area contributed by atoms with E-state index in [0.717, 1.165) is 48.8 Å². The maximum atomic E-state index is 15.0. The maximum absolute atomic E-state index is 15.0. The normalized spacial score (nSPS) is 16.1. The zero-order valence-corrected chi connectivity index (χ0v) is 21.1. The number of halogens is 2. The highest BCUT2D eigenvalue weighted by molar-refractivity contribution is 6.04. The Hall–Kier alpha value is -3.83. The number of carbonyl (C=O) groups excluding carboxylic acids is 1. The van der Waals surface area contributed by atoms with Crippen LogP contribution in [0.1, 0.15) is 54.0 Å². The van der Waals surface area contributed by atoms with Crippen LogP contribution in [-0.4, -0.2) is 42.2 Å². The predicted molar refractivity (Wildman–Crippen MR) is 139 cm³/mol. The first-order chi connectivity index (χ1) is 17.8. The summed E-state index contributed by atoms with van der Waals surface area (Å²) in [6.07, 6.45) is 3.49. The molecule has 0 bridgehead atoms. The van der Waals surface area contributed by atoms with Crippen molar-refractivity contribution in [2.45, 2.75) is 39.0 Å². The third kappa shape index (κ3) is 5.18. The molecule has 0 radical (unpaired) electrons. The summed E-state index contributed by atoms with van der Waals surface area (Å²) < 4.78 is 34.6. The van der Waals surface area contributed by atoms with Crippen LogP contribution in [0.3, 0.4) is 0 Å². The van der Waals surface area contributed by atoms with E-state index in [1.165, 1.54) is 6.07 Å². The van der Waals surface area contributed by atoms with E-state index in [0.29, 0.717) is 30.2 Å². The molecule has 0 unspecified atom stereocenters. The molecule has 2 aliphatic rings. The molecule has 0 spiro atoms. The first-order valence-electron chi connectivity index (χ1n) is 12.3. The molecule has 37 heavy (non-hydrogen) atoms. The number of amides is 1. The standard InChI is InChI=1S/C29H28F2N4O2/c1-4-5-23-25(35-8-10-37-11-9-35)13-20(17-32-23)21-16-24(22(30)12-18(21)2)33-28(36)19-14-26(29(3)6-7-29)34-27(31)15-19/h12-17H,6-11H2,1-3H3,(H,33,36). The molecule has 0 atom stereocenters. The zero-order chi connectivity index (χ0) is 26.2. The van der Waals surface area contributed by atoms with Gasteiger partial charge < -0.3 is 15.0 Å². The Bertz CT molecular complexity index is 1430. The van der Waals surface area contributed by atoms with Gasteiger partial charge in [0.2, 0.25) is 5.95 Å². The summed E-state index contributed by atoms with van der Waals surface area (Å²) in [5, 5.41) is 2.62. The molecule has 3 heterocycles. The summed E-state index contributed by atoms with van der Waals surface area (Å²) >= 11 is 0. The lowest BCUT2D eigenvalue weighted by Crippen LogP contribution is -2.36. The van der Waals surface area contributed by atoms with Crippen LogP contribution in [0.15, 0.2) is 36.5 Å². The average molecular weight is 503 g/mol. The van der Waals surface area contributed by atoms with Crippen molar-refractivity contribution in [2.24, 2.45) is 0 Å². The second-order valence-electron chi connectivity index (χ2n) is 9.79. The van der Waals surface area contributed by atoms with Crippen LogP contribution < -0.4 is 10.2 Å². The molecule has 190 valence electrons. The molecule has 1 N–H and O–H groups in total. The largest absolute Gasteiger partial charge is 0.378 e. The maximum Gasteiger partial charge on any atom is 0.255 e. The van der Waals surface area contributed by atoms with Crippen molar-refractivity contribution in [1.29, 1.82) is 0 Å². The molecule has 8 heteroatoms. The molecule has 1 saturated heterocycles. The van der Waals surface area contributed by atoms with Crippen LogP contribution in [0.4, 0.5) is 20.2 Å². The summed E-state index contributed by atoms with van der Waals surface area (Å²) in [5.74, 6) is 4.07. The van der Waals surface area contributed by atoms with Gasteiger partial charge in [0.1, 0.15) is 11.5 Å². The van der Waals surface area contributed by atoms with Crippen molar-refractivity contribution >= 4 is 17.3 Å². The van der Waals surface area contributed by atoms with Crippen molar-refractivity contribution < 1.29 is 18.3 Å². The van der Waals surface area contributed by atoms with Gasteiger partial charge in [0.15, 0.2) is 0 Å². The van der Waals surface area contributed by atoms with Gasteiger partial charge in [0, 0.05) is 41.9 Å². The fraction of sp³-hybridized carbons (Fsp3) is 0.345. The van der Waals surface area contributed by atoms with Crippen LogP contribution in [0.5, 0.6) is 0 Å². The lowest BCUT2D eigenvalue weighted by atomic mass is 9.99. The van der Waals surface area contributed by atoms with E-state index < -0.39 is 17.7 Å². The minimum absolute atomic E-state index is 0.00681. The number of morpholine rings is 1. The number of pyridine rings is 2. The summed E-state index contributed by atoms with van der Waals surface area (Å²) in [6.45, 7) is 8.22. The van der Waals surface area contributed by atoms with Gasteiger partial charge in [-0.3, -0.25) is 4.79 Å². The van der Waals surface area contributed by atoms with E-state index in [-0.39, 0.29) is 16.7 Å². The quantitative estimate of drug-likeness (QED) is 0.382. The van der Waals surface area contributed by atoms with Crippen LogP contribution in [0.25, 0.3) is 11.1 Å². The minimum atomic E-state index is -0.724. The molecule has 1 amide bonds. The van der Waals surface area contributed by atoms with Gasteiger partial charge in [-0.15, -0.1) is 0 Å². The first-order valence-corrected chi connectivity index (χ1v) is 12.3. The van der Waals surface area contributed by atoms with Gasteiger partial charge in [0.25, 0.3) is 5.91 Å². The van der Waals surface area contributed by atoms with E-state index in [1.54, 1.807) is 32.2 Å². The van der Waals surface area contributed by atoms with Gasteiger partial charge in [-0.1, -0.05) is 12.8 Å². The Balaban J connectivity index is 1.48. The SMILES string of the molecule is CC#Cc1ncc(-c2cc(NC(=O)c3cc(F)nc(C4(C)CC4)c3)c(F)cc2C)cc1N1CCOCC1. The second kappa shape index (κ2) is 9.91. The van der Waals surface area contributed by atoms with E-state index in [1.807, 2.05) is 13.0 Å². The molecule has 1 aliphatic heterocycles. The Kier molecular flexibility index (Phi) is 6.65. The number of carbonyl (C=O) groups is 1. The molecular formula is C29H28F2N4O2. The van der Waals surface area contributed by atoms with Gasteiger partial charge in [-0.2, -0.15) is 4.39 Å². The van der Waals surface area contributed by atoms with Gasteiger partial charge >= 0.3 is 0 Å². The molecule has 2 fully saturated rings. The second-order valence-corrected chi connectivity index (χ2v) is 9.79. The van der Waals surface area contributed by atoms with Crippen LogP contribution >= 0.6 is 0 Å². The predicted octanol–water partition coefficient (Wildman–Crippen LogP) is 5.24. The van der Waals surface area contributed by atoms with Gasteiger partial charge in [-0.25, -0.2) is 14.4 Å². The molecule has 1 saturated carbocycles.